The Morgan fingerprint density at radius 1 is 1.07 bits per heavy atom. The van der Waals surface area contributed by atoms with Crippen molar-refractivity contribution in [2.75, 3.05) is 19.6 Å². The Labute approximate surface area is 174 Å². The number of carboxylic acids is 2. The van der Waals surface area contributed by atoms with E-state index in [0.29, 0.717) is 38.6 Å². The molecule has 0 aromatic heterocycles. The molecule has 8 N–H and O–H groups in total. The molecule has 0 aliphatic carbocycles. The van der Waals surface area contributed by atoms with Gasteiger partial charge in [-0.15, -0.1) is 0 Å². The van der Waals surface area contributed by atoms with Crippen LogP contribution in [0.2, 0.25) is 0 Å². The van der Waals surface area contributed by atoms with Gasteiger partial charge >= 0.3 is 11.9 Å². The second-order valence-electron chi connectivity index (χ2n) is 7.19. The highest BCUT2D eigenvalue weighted by Crippen LogP contribution is 2.20. The van der Waals surface area contributed by atoms with E-state index in [-0.39, 0.29) is 19.4 Å². The first kappa shape index (κ1) is 25.3. The number of hydrogen-bond acceptors (Lipinski definition) is 7. The number of carbonyl (C=O) groups is 5. The van der Waals surface area contributed by atoms with Crippen LogP contribution in [0.4, 0.5) is 0 Å². The summed E-state index contributed by atoms with van der Waals surface area (Å²) in [7, 11) is 0. The molecule has 1 rings (SSSR count). The van der Waals surface area contributed by atoms with Gasteiger partial charge in [-0.25, -0.2) is 0 Å². The van der Waals surface area contributed by atoms with Gasteiger partial charge in [0, 0.05) is 13.0 Å². The van der Waals surface area contributed by atoms with E-state index < -0.39 is 54.3 Å². The fourth-order valence-electron chi connectivity index (χ4n) is 3.23. The van der Waals surface area contributed by atoms with Gasteiger partial charge in [-0.1, -0.05) is 6.42 Å². The van der Waals surface area contributed by atoms with Gasteiger partial charge < -0.3 is 37.2 Å². The minimum absolute atomic E-state index is 0.157. The smallest absolute Gasteiger partial charge is 0.322 e. The van der Waals surface area contributed by atoms with E-state index in [9.17, 15) is 24.0 Å². The van der Waals surface area contributed by atoms with Crippen LogP contribution in [0.3, 0.4) is 0 Å². The summed E-state index contributed by atoms with van der Waals surface area (Å²) in [5.41, 5.74) is 11.3. The van der Waals surface area contributed by atoms with Gasteiger partial charge in [-0.2, -0.15) is 0 Å². The predicted molar refractivity (Wildman–Crippen MR) is 105 cm³/mol. The van der Waals surface area contributed by atoms with Crippen molar-refractivity contribution in [3.05, 3.63) is 0 Å². The van der Waals surface area contributed by atoms with Gasteiger partial charge in [0.2, 0.25) is 17.7 Å². The van der Waals surface area contributed by atoms with E-state index in [4.69, 9.17) is 21.7 Å². The van der Waals surface area contributed by atoms with Gasteiger partial charge in [0.1, 0.15) is 18.6 Å². The molecule has 1 heterocycles. The van der Waals surface area contributed by atoms with Gasteiger partial charge in [0.05, 0.1) is 6.04 Å². The van der Waals surface area contributed by atoms with E-state index in [1.165, 1.54) is 4.90 Å². The number of nitrogens with two attached hydrogens (primary N) is 2. The topological polar surface area (TPSA) is 205 Å². The van der Waals surface area contributed by atoms with Crippen LogP contribution in [0.1, 0.15) is 44.9 Å². The molecule has 0 radical (unpaired) electrons. The third-order valence-electron chi connectivity index (χ3n) is 4.82. The summed E-state index contributed by atoms with van der Waals surface area (Å²) in [5.74, 6) is -4.13. The second kappa shape index (κ2) is 12.8. The highest BCUT2D eigenvalue weighted by Gasteiger charge is 2.38. The first-order valence-corrected chi connectivity index (χ1v) is 9.95. The first-order valence-electron chi connectivity index (χ1n) is 9.95. The Bertz CT molecular complexity index is 642. The molecule has 3 atom stereocenters. The molecule has 12 nitrogen and oxygen atoms in total. The molecule has 0 aromatic rings. The lowest BCUT2D eigenvalue weighted by Crippen LogP contribution is -2.56. The minimum atomic E-state index is -1.21. The lowest BCUT2D eigenvalue weighted by atomic mass is 10.1. The molecule has 30 heavy (non-hydrogen) atoms. The fourth-order valence-corrected chi connectivity index (χ4v) is 3.23. The van der Waals surface area contributed by atoms with Crippen molar-refractivity contribution < 1.29 is 34.2 Å². The summed E-state index contributed by atoms with van der Waals surface area (Å²) < 4.78 is 0. The monoisotopic (exact) mass is 429 g/mol. The Morgan fingerprint density at radius 3 is 2.37 bits per heavy atom. The molecule has 12 heteroatoms. The van der Waals surface area contributed by atoms with Crippen molar-refractivity contribution in [2.45, 2.75) is 63.1 Å². The van der Waals surface area contributed by atoms with E-state index in [1.807, 2.05) is 0 Å². The lowest BCUT2D eigenvalue weighted by Gasteiger charge is -2.29. The molecule has 1 saturated heterocycles. The van der Waals surface area contributed by atoms with Crippen molar-refractivity contribution in [2.24, 2.45) is 11.5 Å². The molecular formula is C18H31N5O7. The summed E-state index contributed by atoms with van der Waals surface area (Å²) in [5, 5.41) is 22.4. The maximum atomic E-state index is 13.0. The molecule has 1 aliphatic rings. The number of hydrogen-bond donors (Lipinski definition) is 6. The normalized spacial score (nSPS) is 17.8. The molecule has 170 valence electrons. The maximum Gasteiger partial charge on any atom is 0.322 e. The molecule has 0 aromatic carbocycles. The highest BCUT2D eigenvalue weighted by molar-refractivity contribution is 5.94. The van der Waals surface area contributed by atoms with E-state index >= 15 is 0 Å². The van der Waals surface area contributed by atoms with E-state index in [2.05, 4.69) is 10.6 Å². The van der Waals surface area contributed by atoms with Gasteiger partial charge in [-0.3, -0.25) is 24.0 Å². The van der Waals surface area contributed by atoms with Crippen molar-refractivity contribution in [1.82, 2.24) is 15.5 Å². The average molecular weight is 429 g/mol. The van der Waals surface area contributed by atoms with Gasteiger partial charge in [0.25, 0.3) is 0 Å². The summed E-state index contributed by atoms with van der Waals surface area (Å²) in [4.78, 5) is 60.5. The Kier molecular flexibility index (Phi) is 10.8. The first-order chi connectivity index (χ1) is 14.2. The Morgan fingerprint density at radius 2 is 1.77 bits per heavy atom. The zero-order valence-corrected chi connectivity index (χ0v) is 16.8. The van der Waals surface area contributed by atoms with Crippen LogP contribution in [-0.2, 0) is 24.0 Å². The van der Waals surface area contributed by atoms with E-state index in [0.717, 1.165) is 0 Å². The van der Waals surface area contributed by atoms with Crippen molar-refractivity contribution in [1.29, 1.82) is 0 Å². The van der Waals surface area contributed by atoms with E-state index in [1.54, 1.807) is 0 Å². The van der Waals surface area contributed by atoms with Crippen molar-refractivity contribution in [3.8, 4) is 0 Å². The Hall–Kier alpha value is -2.73. The third-order valence-corrected chi connectivity index (χ3v) is 4.82. The Balaban J connectivity index is 2.83. The molecule has 3 amide bonds. The van der Waals surface area contributed by atoms with Crippen LogP contribution >= 0.6 is 0 Å². The van der Waals surface area contributed by atoms with Gasteiger partial charge in [-0.05, 0) is 38.6 Å². The summed E-state index contributed by atoms with van der Waals surface area (Å²) in [6.45, 7) is 0.133. The summed E-state index contributed by atoms with van der Waals surface area (Å²) in [6, 6.07) is -2.90. The number of nitrogens with zero attached hydrogens (tertiary/aromatic N) is 1. The molecule has 0 spiro atoms. The quantitative estimate of drug-likeness (QED) is 0.178. The zero-order valence-electron chi connectivity index (χ0n) is 16.8. The highest BCUT2D eigenvalue weighted by atomic mass is 16.4. The van der Waals surface area contributed by atoms with Crippen molar-refractivity contribution in [3.63, 3.8) is 0 Å². The molecule has 3 unspecified atom stereocenters. The standard InChI is InChI=1S/C18H31N5O7/c19-8-2-1-4-11(20)16(28)22-12(6-7-14(24)25)18(30)23-9-3-5-13(23)17(29)21-10-15(26)27/h11-13H,1-10,19-20H2,(H,21,29)(H,22,28)(H,24,25)(H,26,27). The average Bonchev–Trinajstić information content (AvgIpc) is 3.18. The number of likely N-dealkylation sites (tertiary alicyclic amines) is 1. The molecule has 1 fully saturated rings. The maximum absolute atomic E-state index is 13.0. The molecule has 0 saturated carbocycles. The van der Waals surface area contributed by atoms with Crippen LogP contribution < -0.4 is 22.1 Å². The number of carbonyl (C=O) groups excluding carboxylic acids is 3. The number of nitrogens with one attached hydrogen (secondary N) is 2. The number of amides is 3. The fraction of sp³-hybridized carbons (Fsp3) is 0.722. The van der Waals surface area contributed by atoms with Crippen LogP contribution in [0.25, 0.3) is 0 Å². The SMILES string of the molecule is NCCCCC(N)C(=O)NC(CCC(=O)O)C(=O)N1CCCC1C(=O)NCC(=O)O. The summed E-state index contributed by atoms with van der Waals surface area (Å²) in [6.07, 6.45) is 2.05. The van der Waals surface area contributed by atoms with Crippen LogP contribution in [0, 0.1) is 0 Å². The van der Waals surface area contributed by atoms with Crippen LogP contribution in [0.5, 0.6) is 0 Å². The van der Waals surface area contributed by atoms with Crippen LogP contribution in [-0.4, -0.2) is 82.5 Å². The minimum Gasteiger partial charge on any atom is -0.481 e. The third kappa shape index (κ3) is 8.33. The second-order valence-corrected chi connectivity index (χ2v) is 7.19. The number of unbranched alkanes of at least 4 members (excludes halogenated alkanes) is 1. The molecule has 1 aliphatic heterocycles. The zero-order chi connectivity index (χ0) is 22.7. The predicted octanol–water partition coefficient (Wildman–Crippen LogP) is -2.02. The van der Waals surface area contributed by atoms with Gasteiger partial charge in [0.15, 0.2) is 0 Å². The number of carboxylic acid groups (broad SMARTS) is 2. The van der Waals surface area contributed by atoms with Crippen molar-refractivity contribution >= 4 is 29.7 Å². The number of aliphatic carboxylic acids is 2. The number of rotatable bonds is 13. The molecular weight excluding hydrogens is 398 g/mol. The van der Waals surface area contributed by atoms with Crippen LogP contribution in [0.15, 0.2) is 0 Å². The largest absolute Gasteiger partial charge is 0.481 e. The lowest BCUT2D eigenvalue weighted by molar-refractivity contribution is -0.143. The summed E-state index contributed by atoms with van der Waals surface area (Å²) >= 11 is 0. The molecule has 0 bridgehead atoms.